The van der Waals surface area contributed by atoms with Gasteiger partial charge in [-0.05, 0) is 40.2 Å². The molecule has 106 valence electrons. The first-order valence-electron chi connectivity index (χ1n) is 5.86. The topological polar surface area (TPSA) is 75.7 Å². The number of nitrogens with one attached hydrogen (secondary N) is 1. The van der Waals surface area contributed by atoms with E-state index in [4.69, 9.17) is 8.83 Å². The van der Waals surface area contributed by atoms with Gasteiger partial charge in [0.15, 0.2) is 10.4 Å². The van der Waals surface area contributed by atoms with Crippen molar-refractivity contribution in [2.45, 2.75) is 6.54 Å². The number of hydrogen-bond acceptors (Lipinski definition) is 4. The Balaban J connectivity index is 1.81. The Morgan fingerprint density at radius 1 is 1.35 bits per heavy atom. The average molecular weight is 341 g/mol. The minimum atomic E-state index is -0.435. The van der Waals surface area contributed by atoms with Crippen LogP contribution in [-0.2, 0) is 11.3 Å². The number of furan rings is 2. The van der Waals surface area contributed by atoms with Crippen LogP contribution < -0.4 is 5.32 Å². The predicted molar refractivity (Wildman–Crippen MR) is 73.9 cm³/mol. The SMILES string of the molecule is CN(Cc1ccco1)C(=O)CNC(=O)c1ccc(Br)o1. The second-order valence-electron chi connectivity index (χ2n) is 4.12. The molecule has 0 aromatic carbocycles. The molecule has 0 aliphatic rings. The largest absolute Gasteiger partial charge is 0.467 e. The lowest BCUT2D eigenvalue weighted by atomic mass is 10.4. The van der Waals surface area contributed by atoms with Gasteiger partial charge in [0.05, 0.1) is 19.4 Å². The summed E-state index contributed by atoms with van der Waals surface area (Å²) in [4.78, 5) is 25.0. The molecule has 20 heavy (non-hydrogen) atoms. The van der Waals surface area contributed by atoms with Gasteiger partial charge in [0.1, 0.15) is 5.76 Å². The van der Waals surface area contributed by atoms with Crippen molar-refractivity contribution in [1.29, 1.82) is 0 Å². The third-order valence-corrected chi connectivity index (χ3v) is 3.02. The molecule has 7 heteroatoms. The van der Waals surface area contributed by atoms with Crippen LogP contribution in [-0.4, -0.2) is 30.3 Å². The molecule has 2 heterocycles. The minimum absolute atomic E-state index is 0.103. The molecule has 2 aromatic heterocycles. The predicted octanol–water partition coefficient (Wildman–Crippen LogP) is 2.02. The van der Waals surface area contributed by atoms with Gasteiger partial charge in [-0.3, -0.25) is 9.59 Å². The van der Waals surface area contributed by atoms with Gasteiger partial charge in [0.25, 0.3) is 5.91 Å². The van der Waals surface area contributed by atoms with Crippen LogP contribution in [0.3, 0.4) is 0 Å². The van der Waals surface area contributed by atoms with Crippen LogP contribution in [0.4, 0.5) is 0 Å². The van der Waals surface area contributed by atoms with E-state index in [0.717, 1.165) is 0 Å². The molecule has 0 unspecified atom stereocenters. The summed E-state index contributed by atoms with van der Waals surface area (Å²) < 4.78 is 10.7. The molecule has 0 radical (unpaired) electrons. The van der Waals surface area contributed by atoms with Gasteiger partial charge < -0.3 is 19.1 Å². The first-order chi connectivity index (χ1) is 9.56. The fourth-order valence-electron chi connectivity index (χ4n) is 1.54. The zero-order valence-corrected chi connectivity index (χ0v) is 12.3. The first kappa shape index (κ1) is 14.4. The lowest BCUT2D eigenvalue weighted by molar-refractivity contribution is -0.129. The third kappa shape index (κ3) is 3.74. The van der Waals surface area contributed by atoms with Gasteiger partial charge in [-0.1, -0.05) is 0 Å². The van der Waals surface area contributed by atoms with Crippen LogP contribution in [0, 0.1) is 0 Å². The number of rotatable bonds is 5. The highest BCUT2D eigenvalue weighted by molar-refractivity contribution is 9.10. The maximum Gasteiger partial charge on any atom is 0.287 e. The van der Waals surface area contributed by atoms with E-state index in [-0.39, 0.29) is 18.2 Å². The van der Waals surface area contributed by atoms with E-state index >= 15 is 0 Å². The van der Waals surface area contributed by atoms with Crippen molar-refractivity contribution in [1.82, 2.24) is 10.2 Å². The molecule has 2 amide bonds. The van der Waals surface area contributed by atoms with E-state index in [1.165, 1.54) is 11.0 Å². The standard InChI is InChI=1S/C13H13BrN2O4/c1-16(8-9-3-2-6-19-9)12(17)7-15-13(18)10-4-5-11(14)20-10/h2-6H,7-8H2,1H3,(H,15,18). The molecule has 0 saturated carbocycles. The highest BCUT2D eigenvalue weighted by atomic mass is 79.9. The Labute approximate surface area is 123 Å². The van der Waals surface area contributed by atoms with E-state index in [0.29, 0.717) is 17.0 Å². The number of nitrogens with zero attached hydrogens (tertiary/aromatic N) is 1. The lowest BCUT2D eigenvalue weighted by Crippen LogP contribution is -2.37. The fraction of sp³-hybridized carbons (Fsp3) is 0.231. The molecular weight excluding hydrogens is 328 g/mol. The van der Waals surface area contributed by atoms with Gasteiger partial charge in [-0.25, -0.2) is 0 Å². The maximum absolute atomic E-state index is 11.8. The molecule has 0 atom stereocenters. The number of hydrogen-bond donors (Lipinski definition) is 1. The Kier molecular flexibility index (Phi) is 4.62. The highest BCUT2D eigenvalue weighted by Gasteiger charge is 2.14. The Hall–Kier alpha value is -2.02. The van der Waals surface area contributed by atoms with Gasteiger partial charge in [0, 0.05) is 7.05 Å². The summed E-state index contributed by atoms with van der Waals surface area (Å²) in [6.07, 6.45) is 1.55. The summed E-state index contributed by atoms with van der Waals surface area (Å²) in [5.41, 5.74) is 0. The van der Waals surface area contributed by atoms with Crippen molar-refractivity contribution in [3.63, 3.8) is 0 Å². The Bertz CT molecular complexity index is 591. The summed E-state index contributed by atoms with van der Waals surface area (Å²) >= 11 is 3.10. The second kappa shape index (κ2) is 6.42. The molecule has 2 aromatic rings. The monoisotopic (exact) mass is 340 g/mol. The number of carbonyl (C=O) groups is 2. The van der Waals surface area contributed by atoms with Crippen molar-refractivity contribution >= 4 is 27.7 Å². The van der Waals surface area contributed by atoms with Crippen LogP contribution in [0.2, 0.25) is 0 Å². The van der Waals surface area contributed by atoms with Crippen LogP contribution in [0.25, 0.3) is 0 Å². The molecule has 0 saturated heterocycles. The van der Waals surface area contributed by atoms with Gasteiger partial charge >= 0.3 is 0 Å². The molecule has 2 rings (SSSR count). The summed E-state index contributed by atoms with van der Waals surface area (Å²) in [6, 6.07) is 6.67. The Morgan fingerprint density at radius 2 is 2.15 bits per heavy atom. The van der Waals surface area contributed by atoms with E-state index in [1.807, 2.05) is 0 Å². The molecule has 0 aliphatic carbocycles. The zero-order chi connectivity index (χ0) is 14.5. The summed E-state index contributed by atoms with van der Waals surface area (Å²) in [5, 5.41) is 2.50. The second-order valence-corrected chi connectivity index (χ2v) is 4.90. The maximum atomic E-state index is 11.8. The molecule has 0 spiro atoms. The summed E-state index contributed by atoms with van der Waals surface area (Å²) in [7, 11) is 1.64. The van der Waals surface area contributed by atoms with Gasteiger partial charge in [0.2, 0.25) is 5.91 Å². The van der Waals surface area contributed by atoms with E-state index in [9.17, 15) is 9.59 Å². The van der Waals surface area contributed by atoms with Gasteiger partial charge in [-0.15, -0.1) is 0 Å². The van der Waals surface area contributed by atoms with Crippen LogP contribution in [0.1, 0.15) is 16.3 Å². The quantitative estimate of drug-likeness (QED) is 0.903. The average Bonchev–Trinajstić information content (AvgIpc) is 3.07. The Morgan fingerprint density at radius 3 is 2.75 bits per heavy atom. The number of amides is 2. The molecule has 6 nitrogen and oxygen atoms in total. The number of halogens is 1. The smallest absolute Gasteiger partial charge is 0.287 e. The number of carbonyl (C=O) groups excluding carboxylic acids is 2. The fourth-order valence-corrected chi connectivity index (χ4v) is 1.85. The summed E-state index contributed by atoms with van der Waals surface area (Å²) in [5.74, 6) is 0.177. The zero-order valence-electron chi connectivity index (χ0n) is 10.8. The molecule has 0 aliphatic heterocycles. The van der Waals surface area contributed by atoms with Crippen molar-refractivity contribution in [3.8, 4) is 0 Å². The molecule has 0 bridgehead atoms. The normalized spacial score (nSPS) is 10.3. The van der Waals surface area contributed by atoms with Crippen molar-refractivity contribution < 1.29 is 18.4 Å². The first-order valence-corrected chi connectivity index (χ1v) is 6.65. The van der Waals surface area contributed by atoms with Crippen LogP contribution in [0.15, 0.2) is 44.0 Å². The molecular formula is C13H13BrN2O4. The lowest BCUT2D eigenvalue weighted by Gasteiger charge is -2.15. The third-order valence-electron chi connectivity index (χ3n) is 2.60. The van der Waals surface area contributed by atoms with Crippen LogP contribution in [0.5, 0.6) is 0 Å². The molecule has 1 N–H and O–H groups in total. The van der Waals surface area contributed by atoms with Crippen molar-refractivity contribution in [3.05, 3.63) is 46.7 Å². The molecule has 0 fully saturated rings. The number of likely N-dealkylation sites (N-methyl/N-ethyl adjacent to an activating group) is 1. The highest BCUT2D eigenvalue weighted by Crippen LogP contribution is 2.13. The van der Waals surface area contributed by atoms with Crippen molar-refractivity contribution in [2.24, 2.45) is 0 Å². The van der Waals surface area contributed by atoms with Crippen molar-refractivity contribution in [2.75, 3.05) is 13.6 Å². The van der Waals surface area contributed by atoms with E-state index in [1.54, 1.807) is 31.5 Å². The summed E-state index contributed by atoms with van der Waals surface area (Å²) in [6.45, 7) is 0.252. The van der Waals surface area contributed by atoms with Crippen LogP contribution >= 0.6 is 15.9 Å². The minimum Gasteiger partial charge on any atom is -0.467 e. The van der Waals surface area contributed by atoms with E-state index in [2.05, 4.69) is 21.2 Å². The van der Waals surface area contributed by atoms with E-state index < -0.39 is 5.91 Å². The van der Waals surface area contributed by atoms with Gasteiger partial charge in [-0.2, -0.15) is 0 Å².